The van der Waals surface area contributed by atoms with Gasteiger partial charge >= 0.3 is 12.1 Å². The van der Waals surface area contributed by atoms with Crippen molar-refractivity contribution in [2.75, 3.05) is 13.1 Å². The molecule has 0 amide bonds. The number of nitrogens with zero attached hydrogens (tertiary/aromatic N) is 7. The van der Waals surface area contributed by atoms with Crippen molar-refractivity contribution in [2.24, 2.45) is 0 Å². The molecule has 0 spiro atoms. The third-order valence-corrected chi connectivity index (χ3v) is 7.02. The van der Waals surface area contributed by atoms with Crippen LogP contribution in [0.15, 0.2) is 70.3 Å². The van der Waals surface area contributed by atoms with E-state index >= 15 is 0 Å². The molecule has 9 nitrogen and oxygen atoms in total. The van der Waals surface area contributed by atoms with E-state index in [0.717, 1.165) is 32.5 Å². The van der Waals surface area contributed by atoms with Gasteiger partial charge in [-0.2, -0.15) is 8.78 Å². The average Bonchev–Trinajstić information content (AvgIpc) is 3.54. The zero-order valence-electron chi connectivity index (χ0n) is 20.8. The van der Waals surface area contributed by atoms with Crippen molar-refractivity contribution in [1.29, 1.82) is 0 Å². The number of aromatic nitrogens is 6. The van der Waals surface area contributed by atoms with E-state index < -0.39 is 18.1 Å². The van der Waals surface area contributed by atoms with Crippen LogP contribution in [0.5, 0.6) is 0 Å². The molecule has 12 heteroatoms. The Balaban J connectivity index is 1.24. The molecule has 39 heavy (non-hydrogen) atoms. The number of hydrogen-bond donors (Lipinski definition) is 0. The fourth-order valence-corrected chi connectivity index (χ4v) is 5.09. The SMILES string of the molecule is O=c1n(Cc2ccc(-c3nnc(C(F)F)o3)cn2)c2cc(F)ccc2n1C1CCN(Cc2ccncc2)CC1. The summed E-state index contributed by atoms with van der Waals surface area (Å²) >= 11 is 0. The molecule has 1 fully saturated rings. The van der Waals surface area contributed by atoms with Crippen molar-refractivity contribution in [3.05, 3.63) is 94.5 Å². The number of halogens is 3. The maximum absolute atomic E-state index is 14.3. The second kappa shape index (κ2) is 10.4. The lowest BCUT2D eigenvalue weighted by molar-refractivity contribution is 0.116. The lowest BCUT2D eigenvalue weighted by atomic mass is 10.0. The lowest BCUT2D eigenvalue weighted by Gasteiger charge is -2.32. The molecule has 6 rings (SSSR count). The number of imidazole rings is 1. The zero-order valence-corrected chi connectivity index (χ0v) is 20.8. The number of likely N-dealkylation sites (tertiary alicyclic amines) is 1. The molecule has 0 unspecified atom stereocenters. The Morgan fingerprint density at radius 2 is 1.77 bits per heavy atom. The van der Waals surface area contributed by atoms with Crippen LogP contribution in [0.1, 0.15) is 42.5 Å². The number of benzene rings is 1. The molecule has 1 saturated heterocycles. The first-order chi connectivity index (χ1) is 19.0. The van der Waals surface area contributed by atoms with Crippen molar-refractivity contribution in [3.8, 4) is 11.5 Å². The first-order valence-electron chi connectivity index (χ1n) is 12.5. The van der Waals surface area contributed by atoms with Gasteiger partial charge in [0.1, 0.15) is 5.82 Å². The van der Waals surface area contributed by atoms with Gasteiger partial charge in [0, 0.05) is 44.3 Å². The van der Waals surface area contributed by atoms with Gasteiger partial charge in [-0.15, -0.1) is 10.2 Å². The minimum absolute atomic E-state index is 0.0164. The number of rotatable bonds is 7. The summed E-state index contributed by atoms with van der Waals surface area (Å²) in [5.74, 6) is -1.27. The zero-order chi connectivity index (χ0) is 26.9. The van der Waals surface area contributed by atoms with E-state index in [2.05, 4.69) is 25.1 Å². The molecular formula is C27H24F3N7O2. The highest BCUT2D eigenvalue weighted by Gasteiger charge is 2.26. The van der Waals surface area contributed by atoms with Gasteiger partial charge in [-0.25, -0.2) is 9.18 Å². The Morgan fingerprint density at radius 1 is 0.974 bits per heavy atom. The van der Waals surface area contributed by atoms with Gasteiger partial charge in [-0.3, -0.25) is 24.0 Å². The van der Waals surface area contributed by atoms with Crippen molar-refractivity contribution < 1.29 is 17.6 Å². The van der Waals surface area contributed by atoms with Crippen molar-refractivity contribution in [1.82, 2.24) is 34.2 Å². The van der Waals surface area contributed by atoms with Crippen molar-refractivity contribution in [3.63, 3.8) is 0 Å². The average molecular weight is 536 g/mol. The molecule has 0 bridgehead atoms. The van der Waals surface area contributed by atoms with Crippen LogP contribution in [0.2, 0.25) is 0 Å². The summed E-state index contributed by atoms with van der Waals surface area (Å²) in [5, 5.41) is 6.95. The summed E-state index contributed by atoms with van der Waals surface area (Å²) in [5.41, 5.74) is 3.04. The number of piperidine rings is 1. The topological polar surface area (TPSA) is 94.9 Å². The fraction of sp³-hybridized carbons (Fsp3) is 0.296. The molecular weight excluding hydrogens is 511 g/mol. The Kier molecular flexibility index (Phi) is 6.69. The summed E-state index contributed by atoms with van der Waals surface area (Å²) < 4.78 is 48.1. The maximum atomic E-state index is 14.3. The number of pyridine rings is 2. The van der Waals surface area contributed by atoms with Crippen molar-refractivity contribution in [2.45, 2.75) is 38.4 Å². The lowest BCUT2D eigenvalue weighted by Crippen LogP contribution is -2.37. The highest BCUT2D eigenvalue weighted by molar-refractivity contribution is 5.76. The smallest absolute Gasteiger partial charge is 0.329 e. The van der Waals surface area contributed by atoms with Crippen LogP contribution in [-0.4, -0.2) is 47.3 Å². The van der Waals surface area contributed by atoms with Crippen LogP contribution in [-0.2, 0) is 13.1 Å². The third-order valence-electron chi connectivity index (χ3n) is 7.02. The molecule has 5 aromatic rings. The third kappa shape index (κ3) is 5.07. The minimum atomic E-state index is -2.86. The first-order valence-corrected chi connectivity index (χ1v) is 12.5. The second-order valence-corrected chi connectivity index (χ2v) is 9.52. The summed E-state index contributed by atoms with van der Waals surface area (Å²) in [6, 6.07) is 11.6. The van der Waals surface area contributed by atoms with E-state index in [1.165, 1.54) is 28.5 Å². The summed E-state index contributed by atoms with van der Waals surface area (Å²) in [6.45, 7) is 2.60. The van der Waals surface area contributed by atoms with Gasteiger partial charge in [-0.05, 0) is 60.9 Å². The van der Waals surface area contributed by atoms with Gasteiger partial charge in [0.15, 0.2) is 0 Å². The Labute approximate surface area is 220 Å². The Morgan fingerprint density at radius 3 is 2.46 bits per heavy atom. The largest absolute Gasteiger partial charge is 0.415 e. The van der Waals surface area contributed by atoms with Crippen LogP contribution < -0.4 is 5.69 Å². The highest BCUT2D eigenvalue weighted by Crippen LogP contribution is 2.28. The fourth-order valence-electron chi connectivity index (χ4n) is 5.09. The highest BCUT2D eigenvalue weighted by atomic mass is 19.3. The Bertz CT molecular complexity index is 1640. The maximum Gasteiger partial charge on any atom is 0.329 e. The van der Waals surface area contributed by atoms with E-state index in [1.807, 2.05) is 12.1 Å². The molecule has 1 aromatic carbocycles. The molecule has 5 heterocycles. The molecule has 4 aromatic heterocycles. The van der Waals surface area contributed by atoms with E-state index in [9.17, 15) is 18.0 Å². The van der Waals surface area contributed by atoms with Gasteiger partial charge in [0.2, 0.25) is 5.89 Å². The van der Waals surface area contributed by atoms with Crippen LogP contribution >= 0.6 is 0 Å². The number of fused-ring (bicyclic) bond motifs is 1. The van der Waals surface area contributed by atoms with Crippen LogP contribution in [0.4, 0.5) is 13.2 Å². The molecule has 0 aliphatic carbocycles. The normalized spacial score (nSPS) is 15.0. The minimum Gasteiger partial charge on any atom is -0.415 e. The number of hydrogen-bond acceptors (Lipinski definition) is 7. The predicted molar refractivity (Wildman–Crippen MR) is 136 cm³/mol. The van der Waals surface area contributed by atoms with E-state index in [-0.39, 0.29) is 24.2 Å². The van der Waals surface area contributed by atoms with Crippen LogP contribution in [0, 0.1) is 5.82 Å². The first kappa shape index (κ1) is 25.0. The molecule has 0 atom stereocenters. The molecule has 200 valence electrons. The standard InChI is InChI=1S/C27H24F3N7O2/c28-19-2-4-22-23(13-19)36(16-20-3-1-18(14-32-20)25-33-34-26(39-25)24(29)30)27(38)37(22)21-7-11-35(12-8-21)15-17-5-9-31-10-6-17/h1-6,9-10,13-14,21,24H,7-8,11-12,15-16H2. The summed E-state index contributed by atoms with van der Waals surface area (Å²) in [7, 11) is 0. The van der Waals surface area contributed by atoms with Gasteiger partial charge < -0.3 is 4.42 Å². The molecule has 1 aliphatic heterocycles. The molecule has 0 N–H and O–H groups in total. The Hall–Kier alpha value is -4.32. The van der Waals surface area contributed by atoms with Gasteiger partial charge in [0.05, 0.1) is 28.8 Å². The van der Waals surface area contributed by atoms with Crippen LogP contribution in [0.3, 0.4) is 0 Å². The summed E-state index contributed by atoms with van der Waals surface area (Å²) in [6.07, 6.45) is 3.70. The molecule has 0 saturated carbocycles. The summed E-state index contributed by atoms with van der Waals surface area (Å²) in [4.78, 5) is 24.5. The van der Waals surface area contributed by atoms with E-state index in [0.29, 0.717) is 22.3 Å². The van der Waals surface area contributed by atoms with Crippen LogP contribution in [0.25, 0.3) is 22.5 Å². The van der Waals surface area contributed by atoms with Gasteiger partial charge in [0.25, 0.3) is 5.89 Å². The van der Waals surface area contributed by atoms with Crippen molar-refractivity contribution >= 4 is 11.0 Å². The predicted octanol–water partition coefficient (Wildman–Crippen LogP) is 4.61. The molecule has 0 radical (unpaired) electrons. The molecule has 1 aliphatic rings. The second-order valence-electron chi connectivity index (χ2n) is 9.52. The quantitative estimate of drug-likeness (QED) is 0.301. The monoisotopic (exact) mass is 535 g/mol. The van der Waals surface area contributed by atoms with E-state index in [4.69, 9.17) is 4.42 Å². The number of alkyl halides is 2. The van der Waals surface area contributed by atoms with E-state index in [1.54, 1.807) is 35.2 Å². The van der Waals surface area contributed by atoms with Gasteiger partial charge in [-0.1, -0.05) is 0 Å².